The first-order valence-corrected chi connectivity index (χ1v) is 22.0. The minimum absolute atomic E-state index is 0.0652. The summed E-state index contributed by atoms with van der Waals surface area (Å²) in [6.45, 7) is 23.2. The minimum Gasteiger partial charge on any atom is -0.260 e. The third-order valence-electron chi connectivity index (χ3n) is 14.2. The third kappa shape index (κ3) is 6.44. The van der Waals surface area contributed by atoms with Gasteiger partial charge in [-0.3, -0.25) is 4.99 Å². The third-order valence-corrected chi connectivity index (χ3v) is 14.2. The van der Waals surface area contributed by atoms with Crippen molar-refractivity contribution in [3.8, 4) is 55.6 Å². The number of halogens is 1. The van der Waals surface area contributed by atoms with Crippen LogP contribution in [-0.4, -0.2) is 5.71 Å². The van der Waals surface area contributed by atoms with Crippen molar-refractivity contribution in [3.63, 3.8) is 0 Å². The highest BCUT2D eigenvalue weighted by atomic mass is 19.1. The fraction of sp³-hybridized carbons (Fsp3) is 0.271. The Bertz CT molecular complexity index is 2800. The summed E-state index contributed by atoms with van der Waals surface area (Å²) in [4.78, 5) is 4.84. The molecule has 6 aromatic carbocycles. The molecule has 2 atom stereocenters. The molecule has 4 aliphatic rings. The van der Waals surface area contributed by atoms with Crippen molar-refractivity contribution in [2.75, 3.05) is 0 Å². The molecule has 304 valence electrons. The van der Waals surface area contributed by atoms with Gasteiger partial charge in [-0.25, -0.2) is 4.39 Å². The summed E-state index contributed by atoms with van der Waals surface area (Å²) in [7, 11) is 0. The molecule has 0 radical (unpaired) electrons. The molecule has 1 aliphatic heterocycles. The minimum atomic E-state index is -0.262. The maximum atomic E-state index is 16.0. The first-order chi connectivity index (χ1) is 28.9. The lowest BCUT2D eigenvalue weighted by Gasteiger charge is -2.26. The Morgan fingerprint density at radius 2 is 0.852 bits per heavy atom. The highest BCUT2D eigenvalue weighted by Gasteiger charge is 2.38. The zero-order valence-electron chi connectivity index (χ0n) is 37.3. The van der Waals surface area contributed by atoms with E-state index in [4.69, 9.17) is 4.99 Å². The maximum Gasteiger partial charge on any atom is 0.124 e. The largest absolute Gasteiger partial charge is 0.260 e. The standard InChI is InChI=1S/C59H56FN/c1-56(2,3)43-17-21-49-47-19-15-36(31-51(47)58(7,8)53(49)33-43)38-25-39(37-16-20-48-50-22-18-44(57(4,5)6)34-54(50)59(9,10)52(48)32-37)27-40(26-38)41-28-42(30-45(60)29-41)55-46-14-12-11-13-35(46)23-24-61-55/h11-35,46H,1-10H3. The van der Waals surface area contributed by atoms with Gasteiger partial charge in [0.1, 0.15) is 5.82 Å². The molecule has 0 aromatic heterocycles. The number of benzene rings is 6. The molecule has 0 amide bonds. The van der Waals surface area contributed by atoms with Gasteiger partial charge in [-0.1, -0.05) is 160 Å². The van der Waals surface area contributed by atoms with Crippen molar-refractivity contribution in [2.45, 2.75) is 90.9 Å². The van der Waals surface area contributed by atoms with E-state index in [1.807, 2.05) is 6.20 Å². The second-order valence-corrected chi connectivity index (χ2v) is 21.0. The van der Waals surface area contributed by atoms with E-state index in [2.05, 4.69) is 197 Å². The Morgan fingerprint density at radius 3 is 1.36 bits per heavy atom. The zero-order chi connectivity index (χ0) is 42.8. The summed E-state index contributed by atoms with van der Waals surface area (Å²) in [5, 5.41) is 0. The van der Waals surface area contributed by atoms with Crippen LogP contribution in [0.3, 0.4) is 0 Å². The molecule has 61 heavy (non-hydrogen) atoms. The Balaban J connectivity index is 1.13. The van der Waals surface area contributed by atoms with Gasteiger partial charge in [0.2, 0.25) is 0 Å². The Morgan fingerprint density at radius 1 is 0.443 bits per heavy atom. The van der Waals surface area contributed by atoms with Gasteiger partial charge in [0, 0.05) is 34.4 Å². The van der Waals surface area contributed by atoms with Crippen molar-refractivity contribution in [1.82, 2.24) is 0 Å². The molecule has 2 unspecified atom stereocenters. The van der Waals surface area contributed by atoms with E-state index in [1.54, 1.807) is 12.1 Å². The van der Waals surface area contributed by atoms with E-state index in [1.165, 1.54) is 55.6 Å². The number of hydrogen-bond acceptors (Lipinski definition) is 1. The number of rotatable bonds is 4. The molecule has 0 fully saturated rings. The molecule has 1 heterocycles. The predicted molar refractivity (Wildman–Crippen MR) is 256 cm³/mol. The van der Waals surface area contributed by atoms with Crippen LogP contribution in [0.25, 0.3) is 55.6 Å². The average molecular weight is 798 g/mol. The average Bonchev–Trinajstić information content (AvgIpc) is 3.60. The highest BCUT2D eigenvalue weighted by molar-refractivity contribution is 6.05. The van der Waals surface area contributed by atoms with E-state index in [9.17, 15) is 0 Å². The summed E-state index contributed by atoms with van der Waals surface area (Å²) in [6.07, 6.45) is 12.5. The summed E-state index contributed by atoms with van der Waals surface area (Å²) < 4.78 is 16.0. The van der Waals surface area contributed by atoms with Gasteiger partial charge in [0.15, 0.2) is 0 Å². The first kappa shape index (κ1) is 39.3. The Hall–Kier alpha value is -5.86. The van der Waals surface area contributed by atoms with Crippen LogP contribution in [0, 0.1) is 17.7 Å². The molecule has 6 aromatic rings. The van der Waals surface area contributed by atoms with Crippen LogP contribution < -0.4 is 0 Å². The zero-order valence-corrected chi connectivity index (χ0v) is 37.3. The van der Waals surface area contributed by atoms with Crippen LogP contribution in [0.5, 0.6) is 0 Å². The van der Waals surface area contributed by atoms with Gasteiger partial charge in [0.05, 0.1) is 5.71 Å². The van der Waals surface area contributed by atoms with Crippen LogP contribution >= 0.6 is 0 Å². The fourth-order valence-electron chi connectivity index (χ4n) is 10.5. The molecule has 0 saturated heterocycles. The van der Waals surface area contributed by atoms with Crippen molar-refractivity contribution < 1.29 is 4.39 Å². The summed E-state index contributed by atoms with van der Waals surface area (Å²) in [5.41, 5.74) is 21.3. The van der Waals surface area contributed by atoms with E-state index in [0.29, 0.717) is 0 Å². The van der Waals surface area contributed by atoms with E-state index in [-0.39, 0.29) is 39.3 Å². The van der Waals surface area contributed by atoms with Crippen molar-refractivity contribution in [3.05, 3.63) is 191 Å². The van der Waals surface area contributed by atoms with E-state index in [0.717, 1.165) is 44.7 Å². The molecule has 0 saturated carbocycles. The van der Waals surface area contributed by atoms with Gasteiger partial charge >= 0.3 is 0 Å². The predicted octanol–water partition coefficient (Wildman–Crippen LogP) is 15.7. The normalized spacial score (nSPS) is 18.9. The molecule has 0 bridgehead atoms. The smallest absolute Gasteiger partial charge is 0.124 e. The van der Waals surface area contributed by atoms with Crippen LogP contribution in [0.4, 0.5) is 4.39 Å². The lowest BCUT2D eigenvalue weighted by atomic mass is 9.78. The fourth-order valence-corrected chi connectivity index (χ4v) is 10.5. The molecular weight excluding hydrogens is 742 g/mol. The van der Waals surface area contributed by atoms with E-state index >= 15 is 4.39 Å². The van der Waals surface area contributed by atoms with Crippen LogP contribution in [0.15, 0.2) is 151 Å². The van der Waals surface area contributed by atoms with Gasteiger partial charge in [0.25, 0.3) is 0 Å². The lowest BCUT2D eigenvalue weighted by molar-refractivity contribution is 0.584. The topological polar surface area (TPSA) is 12.4 Å². The van der Waals surface area contributed by atoms with Crippen LogP contribution in [0.2, 0.25) is 0 Å². The monoisotopic (exact) mass is 797 g/mol. The number of fused-ring (bicyclic) bond motifs is 7. The van der Waals surface area contributed by atoms with Crippen LogP contribution in [0.1, 0.15) is 108 Å². The summed E-state index contributed by atoms with van der Waals surface area (Å²) in [5.74, 6) is 0.0230. The summed E-state index contributed by atoms with van der Waals surface area (Å²) in [6, 6.07) is 40.5. The summed E-state index contributed by atoms with van der Waals surface area (Å²) >= 11 is 0. The van der Waals surface area contributed by atoms with Crippen LogP contribution in [-0.2, 0) is 21.7 Å². The number of nitrogens with zero attached hydrogens (tertiary/aromatic N) is 1. The molecule has 3 aliphatic carbocycles. The second-order valence-electron chi connectivity index (χ2n) is 21.0. The quantitative estimate of drug-likeness (QED) is 0.168. The molecule has 2 heteroatoms. The molecule has 0 N–H and O–H groups in total. The SMILES string of the molecule is CC(C)(C)c1ccc2c(c1)C(C)(C)c1cc(-c3cc(-c4cc(F)cc(C5=NC=CC6C=CC=CC56)c4)cc(-c4ccc5c(c4)C(C)(C)c4cc(C(C)(C)C)ccc4-5)c3)ccc1-2. The first-order valence-electron chi connectivity index (χ1n) is 22.0. The molecular formula is C59H56FN. The number of hydrogen-bond donors (Lipinski definition) is 0. The van der Waals surface area contributed by atoms with Crippen molar-refractivity contribution >= 4 is 5.71 Å². The van der Waals surface area contributed by atoms with Gasteiger partial charge in [-0.2, -0.15) is 0 Å². The van der Waals surface area contributed by atoms with Gasteiger partial charge < -0.3 is 0 Å². The maximum absolute atomic E-state index is 16.0. The molecule has 0 spiro atoms. The van der Waals surface area contributed by atoms with Crippen molar-refractivity contribution in [2.24, 2.45) is 16.8 Å². The highest BCUT2D eigenvalue weighted by Crippen LogP contribution is 2.53. The number of aliphatic imine (C=N–C) groups is 1. The Kier molecular flexibility index (Phi) is 8.74. The number of allylic oxidation sites excluding steroid dienone is 5. The van der Waals surface area contributed by atoms with Gasteiger partial charge in [-0.15, -0.1) is 0 Å². The second kappa shape index (κ2) is 13.6. The van der Waals surface area contributed by atoms with Gasteiger partial charge in [-0.05, 0) is 148 Å². The Labute approximate surface area is 362 Å². The van der Waals surface area contributed by atoms with Crippen molar-refractivity contribution in [1.29, 1.82) is 0 Å². The molecule has 1 nitrogen and oxygen atoms in total. The molecule has 10 rings (SSSR count). The lowest BCUT2D eigenvalue weighted by Crippen LogP contribution is -2.24. The van der Waals surface area contributed by atoms with E-state index < -0.39 is 0 Å².